The van der Waals surface area contributed by atoms with E-state index in [0.29, 0.717) is 15.5 Å². The maximum absolute atomic E-state index is 11.7. The lowest BCUT2D eigenvalue weighted by molar-refractivity contribution is 0.0596. The summed E-state index contributed by atoms with van der Waals surface area (Å²) in [5.74, 6) is -0.505. The minimum absolute atomic E-state index is 0.203. The topological polar surface area (TPSA) is 46.6 Å². The summed E-state index contributed by atoms with van der Waals surface area (Å²) in [6.45, 7) is 1.82. The summed E-state index contributed by atoms with van der Waals surface area (Å²) < 4.78 is 4.69. The van der Waals surface area contributed by atoms with Gasteiger partial charge in [-0.05, 0) is 36.4 Å². The molecule has 0 saturated heterocycles. The van der Waals surface area contributed by atoms with E-state index in [1.807, 2.05) is 6.92 Å². The molecule has 0 radical (unpaired) electrons. The van der Waals surface area contributed by atoms with Crippen LogP contribution in [0.2, 0.25) is 5.02 Å². The van der Waals surface area contributed by atoms with Crippen LogP contribution in [0.3, 0.4) is 0 Å². The van der Waals surface area contributed by atoms with Crippen LogP contribution in [0.5, 0.6) is 0 Å². The third kappa shape index (κ3) is 3.40. The molecule has 0 aliphatic rings. The van der Waals surface area contributed by atoms with Crippen LogP contribution in [0.25, 0.3) is 0 Å². The standard InChI is InChI=1S/C12H14ClNO3S/c1-7-5-8(11(15)17-4)10(9(13)6-7)18-12(16)14(2)3/h5-6H,1-4H3. The van der Waals surface area contributed by atoms with Crippen molar-refractivity contribution in [1.29, 1.82) is 0 Å². The lowest BCUT2D eigenvalue weighted by atomic mass is 10.1. The summed E-state index contributed by atoms with van der Waals surface area (Å²) in [5, 5.41) is 0.168. The minimum atomic E-state index is -0.505. The van der Waals surface area contributed by atoms with E-state index in [1.54, 1.807) is 26.2 Å². The lowest BCUT2D eigenvalue weighted by Crippen LogP contribution is -2.17. The number of hydrogen-bond acceptors (Lipinski definition) is 4. The number of carbonyl (C=O) groups excluding carboxylic acids is 2. The van der Waals surface area contributed by atoms with Crippen LogP contribution < -0.4 is 0 Å². The number of halogens is 1. The van der Waals surface area contributed by atoms with Gasteiger partial charge in [0, 0.05) is 14.1 Å². The van der Waals surface area contributed by atoms with Gasteiger partial charge in [0.05, 0.1) is 22.6 Å². The second-order valence-electron chi connectivity index (χ2n) is 3.88. The van der Waals surface area contributed by atoms with E-state index in [0.717, 1.165) is 17.3 Å². The molecule has 0 bridgehead atoms. The molecule has 4 nitrogen and oxygen atoms in total. The number of benzene rings is 1. The van der Waals surface area contributed by atoms with Gasteiger partial charge in [-0.25, -0.2) is 4.79 Å². The Kier molecular flexibility index (Phi) is 5.04. The number of carbonyl (C=O) groups is 2. The maximum Gasteiger partial charge on any atom is 0.339 e. The molecule has 18 heavy (non-hydrogen) atoms. The fourth-order valence-electron chi connectivity index (χ4n) is 1.27. The zero-order valence-corrected chi connectivity index (χ0v) is 12.2. The first-order valence-corrected chi connectivity index (χ1v) is 6.34. The number of rotatable bonds is 2. The molecular weight excluding hydrogens is 274 g/mol. The Bertz CT molecular complexity index is 488. The minimum Gasteiger partial charge on any atom is -0.465 e. The van der Waals surface area contributed by atoms with Gasteiger partial charge in [-0.15, -0.1) is 0 Å². The molecule has 0 aromatic heterocycles. The highest BCUT2D eigenvalue weighted by Crippen LogP contribution is 2.33. The summed E-state index contributed by atoms with van der Waals surface area (Å²) in [6.07, 6.45) is 0. The van der Waals surface area contributed by atoms with E-state index in [1.165, 1.54) is 12.0 Å². The van der Waals surface area contributed by atoms with Crippen molar-refractivity contribution in [3.05, 3.63) is 28.3 Å². The summed E-state index contributed by atoms with van der Waals surface area (Å²) in [6, 6.07) is 3.36. The third-order valence-corrected chi connectivity index (χ3v) is 3.74. The molecule has 0 unspecified atom stereocenters. The highest BCUT2D eigenvalue weighted by atomic mass is 35.5. The molecule has 0 fully saturated rings. The Morgan fingerprint density at radius 3 is 2.44 bits per heavy atom. The molecule has 0 N–H and O–H groups in total. The predicted molar refractivity (Wildman–Crippen MR) is 72.5 cm³/mol. The van der Waals surface area contributed by atoms with Crippen LogP contribution in [0.4, 0.5) is 4.79 Å². The Labute approximate surface area is 115 Å². The Balaban J connectivity index is 3.24. The zero-order valence-electron chi connectivity index (χ0n) is 10.6. The molecule has 0 spiro atoms. The van der Waals surface area contributed by atoms with Crippen molar-refractivity contribution in [3.63, 3.8) is 0 Å². The fraction of sp³-hybridized carbons (Fsp3) is 0.333. The normalized spacial score (nSPS) is 10.1. The number of hydrogen-bond donors (Lipinski definition) is 0. The van der Waals surface area contributed by atoms with Crippen LogP contribution in [0.15, 0.2) is 17.0 Å². The van der Waals surface area contributed by atoms with Gasteiger partial charge in [0.2, 0.25) is 0 Å². The summed E-state index contributed by atoms with van der Waals surface area (Å²) in [7, 11) is 4.56. The van der Waals surface area contributed by atoms with Crippen molar-refractivity contribution in [2.75, 3.05) is 21.2 Å². The molecular formula is C12H14ClNO3S. The molecule has 0 atom stereocenters. The second-order valence-corrected chi connectivity index (χ2v) is 5.25. The molecule has 0 heterocycles. The second kappa shape index (κ2) is 6.11. The van der Waals surface area contributed by atoms with Crippen molar-refractivity contribution in [1.82, 2.24) is 4.90 Å². The van der Waals surface area contributed by atoms with E-state index in [4.69, 9.17) is 16.3 Å². The van der Waals surface area contributed by atoms with Crippen molar-refractivity contribution in [2.45, 2.75) is 11.8 Å². The van der Waals surface area contributed by atoms with Crippen molar-refractivity contribution in [2.24, 2.45) is 0 Å². The van der Waals surface area contributed by atoms with Gasteiger partial charge in [-0.2, -0.15) is 0 Å². The van der Waals surface area contributed by atoms with Gasteiger partial charge in [-0.1, -0.05) is 11.6 Å². The largest absolute Gasteiger partial charge is 0.465 e. The van der Waals surface area contributed by atoms with Gasteiger partial charge >= 0.3 is 5.97 Å². The van der Waals surface area contributed by atoms with Crippen LogP contribution in [0, 0.1) is 6.92 Å². The van der Waals surface area contributed by atoms with E-state index >= 15 is 0 Å². The lowest BCUT2D eigenvalue weighted by Gasteiger charge is -2.13. The molecule has 1 amide bonds. The third-order valence-electron chi connectivity index (χ3n) is 2.15. The number of methoxy groups -OCH3 is 1. The number of thioether (sulfide) groups is 1. The predicted octanol–water partition coefficient (Wildman–Crippen LogP) is 3.21. The first-order chi connectivity index (χ1) is 8.36. The van der Waals surface area contributed by atoms with Gasteiger partial charge < -0.3 is 9.64 Å². The van der Waals surface area contributed by atoms with E-state index in [9.17, 15) is 9.59 Å². The smallest absolute Gasteiger partial charge is 0.339 e. The first-order valence-electron chi connectivity index (χ1n) is 5.14. The van der Waals surface area contributed by atoms with Crippen LogP contribution in [-0.4, -0.2) is 37.3 Å². The average Bonchev–Trinajstić information content (AvgIpc) is 2.30. The fourth-order valence-corrected chi connectivity index (χ4v) is 2.43. The molecule has 0 saturated carbocycles. The van der Waals surface area contributed by atoms with E-state index < -0.39 is 5.97 Å². The molecule has 6 heteroatoms. The van der Waals surface area contributed by atoms with Crippen molar-refractivity contribution >= 4 is 34.6 Å². The summed E-state index contributed by atoms with van der Waals surface area (Å²) in [4.78, 5) is 25.2. The first kappa shape index (κ1) is 14.9. The number of esters is 1. The van der Waals surface area contributed by atoms with E-state index in [-0.39, 0.29) is 5.24 Å². The molecule has 0 aliphatic heterocycles. The average molecular weight is 288 g/mol. The molecule has 0 aliphatic carbocycles. The molecule has 1 aromatic carbocycles. The Morgan fingerprint density at radius 2 is 1.94 bits per heavy atom. The number of aryl methyl sites for hydroxylation is 1. The Hall–Kier alpha value is -1.20. The summed E-state index contributed by atoms with van der Waals surface area (Å²) in [5.41, 5.74) is 1.14. The van der Waals surface area contributed by atoms with Gasteiger partial charge in [-0.3, -0.25) is 4.79 Å². The number of ether oxygens (including phenoxy) is 1. The van der Waals surface area contributed by atoms with Crippen LogP contribution >= 0.6 is 23.4 Å². The van der Waals surface area contributed by atoms with Crippen molar-refractivity contribution in [3.8, 4) is 0 Å². The van der Waals surface area contributed by atoms with Gasteiger partial charge in [0.25, 0.3) is 5.24 Å². The van der Waals surface area contributed by atoms with E-state index in [2.05, 4.69) is 0 Å². The van der Waals surface area contributed by atoms with Gasteiger partial charge in [0.1, 0.15) is 0 Å². The number of amides is 1. The maximum atomic E-state index is 11.7. The van der Waals surface area contributed by atoms with Crippen LogP contribution in [-0.2, 0) is 4.74 Å². The number of nitrogens with zero attached hydrogens (tertiary/aromatic N) is 1. The molecule has 1 aromatic rings. The van der Waals surface area contributed by atoms with Crippen LogP contribution in [0.1, 0.15) is 15.9 Å². The Morgan fingerprint density at radius 1 is 1.33 bits per heavy atom. The molecule has 98 valence electrons. The van der Waals surface area contributed by atoms with Crippen molar-refractivity contribution < 1.29 is 14.3 Å². The SMILES string of the molecule is COC(=O)c1cc(C)cc(Cl)c1SC(=O)N(C)C. The highest BCUT2D eigenvalue weighted by molar-refractivity contribution is 8.13. The monoisotopic (exact) mass is 287 g/mol. The zero-order chi connectivity index (χ0) is 13.9. The van der Waals surface area contributed by atoms with Gasteiger partial charge in [0.15, 0.2) is 0 Å². The summed E-state index contributed by atoms with van der Waals surface area (Å²) >= 11 is 7.00. The molecule has 1 rings (SSSR count). The quantitative estimate of drug-likeness (QED) is 0.619. The highest BCUT2D eigenvalue weighted by Gasteiger charge is 2.20.